The number of anilines is 1. The number of nitriles is 1. The van der Waals surface area contributed by atoms with Gasteiger partial charge in [0.25, 0.3) is 0 Å². The van der Waals surface area contributed by atoms with Gasteiger partial charge in [0.2, 0.25) is 11.8 Å². The average Bonchev–Trinajstić information content (AvgIpc) is 3.05. The molecule has 1 saturated heterocycles. The van der Waals surface area contributed by atoms with Crippen LogP contribution in [0.3, 0.4) is 0 Å². The number of rotatable bonds is 1. The van der Waals surface area contributed by atoms with Crippen LogP contribution in [0, 0.1) is 23.2 Å². The van der Waals surface area contributed by atoms with Crippen LogP contribution in [0.5, 0.6) is 0 Å². The van der Waals surface area contributed by atoms with E-state index < -0.39 is 16.7 Å². The molecule has 4 aliphatic rings. The number of halogens is 1. The van der Waals surface area contributed by atoms with E-state index in [0.29, 0.717) is 11.3 Å². The van der Waals surface area contributed by atoms with Crippen molar-refractivity contribution in [2.24, 2.45) is 11.8 Å². The summed E-state index contributed by atoms with van der Waals surface area (Å²) in [6, 6.07) is 24.5. The first kappa shape index (κ1) is 17.4. The van der Waals surface area contributed by atoms with E-state index in [-0.39, 0.29) is 17.7 Å². The highest BCUT2D eigenvalue weighted by molar-refractivity contribution is 6.33. The first-order chi connectivity index (χ1) is 14.6. The Kier molecular flexibility index (Phi) is 3.38. The fourth-order valence-electron chi connectivity index (χ4n) is 5.68. The Morgan fingerprint density at radius 2 is 1.40 bits per heavy atom. The van der Waals surface area contributed by atoms with Gasteiger partial charge in [-0.15, -0.1) is 11.6 Å². The molecule has 3 aliphatic carbocycles. The van der Waals surface area contributed by atoms with Gasteiger partial charge in [-0.2, -0.15) is 5.26 Å². The van der Waals surface area contributed by atoms with E-state index in [0.717, 1.165) is 22.3 Å². The Hall–Kier alpha value is -3.42. The molecule has 2 bridgehead atoms. The molecule has 1 fully saturated rings. The highest BCUT2D eigenvalue weighted by Crippen LogP contribution is 2.65. The molecule has 0 spiro atoms. The lowest BCUT2D eigenvalue weighted by atomic mass is 9.54. The van der Waals surface area contributed by atoms with E-state index in [4.69, 9.17) is 11.6 Å². The van der Waals surface area contributed by atoms with Gasteiger partial charge >= 0.3 is 0 Å². The molecular weight excluding hydrogens is 396 g/mol. The second-order valence-corrected chi connectivity index (χ2v) is 8.60. The van der Waals surface area contributed by atoms with Crippen LogP contribution in [0.1, 0.15) is 33.7 Å². The van der Waals surface area contributed by atoms with Crippen LogP contribution in [-0.2, 0) is 14.5 Å². The van der Waals surface area contributed by atoms with Gasteiger partial charge in [0.05, 0.1) is 23.1 Å². The Bertz CT molecular complexity index is 1260. The van der Waals surface area contributed by atoms with Gasteiger partial charge in [0.15, 0.2) is 0 Å². The molecule has 3 aromatic rings. The van der Waals surface area contributed by atoms with Crippen LogP contribution in [-0.4, -0.2) is 11.8 Å². The number of carbonyl (C=O) groups excluding carboxylic acids is 2. The molecule has 0 aromatic heterocycles. The van der Waals surface area contributed by atoms with Gasteiger partial charge in [-0.25, -0.2) is 4.90 Å². The van der Waals surface area contributed by atoms with E-state index in [2.05, 4.69) is 6.07 Å². The molecule has 4 nitrogen and oxygen atoms in total. The Morgan fingerprint density at radius 3 is 2.03 bits per heavy atom. The summed E-state index contributed by atoms with van der Waals surface area (Å²) >= 11 is 7.38. The maximum Gasteiger partial charge on any atom is 0.240 e. The number of alkyl halides is 1. The van der Waals surface area contributed by atoms with Crippen molar-refractivity contribution in [3.63, 3.8) is 0 Å². The number of hydrogen-bond donors (Lipinski definition) is 0. The van der Waals surface area contributed by atoms with Crippen LogP contribution < -0.4 is 4.90 Å². The summed E-state index contributed by atoms with van der Waals surface area (Å²) in [5.74, 6) is -2.16. The predicted molar refractivity (Wildman–Crippen MR) is 112 cm³/mol. The van der Waals surface area contributed by atoms with Gasteiger partial charge in [0, 0.05) is 5.92 Å². The Labute approximate surface area is 178 Å². The number of hydrogen-bond acceptors (Lipinski definition) is 3. The van der Waals surface area contributed by atoms with Crippen molar-refractivity contribution in [3.05, 3.63) is 101 Å². The normalized spacial score (nSPS) is 28.0. The summed E-state index contributed by atoms with van der Waals surface area (Å²) in [5, 5.41) is 9.54. The zero-order valence-corrected chi connectivity index (χ0v) is 16.5. The average molecular weight is 411 g/mol. The van der Waals surface area contributed by atoms with Gasteiger partial charge in [-0.05, 0) is 34.4 Å². The molecule has 2 amide bonds. The third-order valence-electron chi connectivity index (χ3n) is 6.78. The molecule has 2 atom stereocenters. The number of imide groups is 1. The van der Waals surface area contributed by atoms with Crippen molar-refractivity contribution in [3.8, 4) is 6.07 Å². The van der Waals surface area contributed by atoms with E-state index >= 15 is 0 Å². The summed E-state index contributed by atoms with van der Waals surface area (Å²) in [4.78, 5) is 27.5. The largest absolute Gasteiger partial charge is 0.274 e. The zero-order valence-electron chi connectivity index (χ0n) is 15.7. The van der Waals surface area contributed by atoms with Gasteiger partial charge in [0.1, 0.15) is 10.9 Å². The highest BCUT2D eigenvalue weighted by atomic mass is 35.5. The van der Waals surface area contributed by atoms with Crippen LogP contribution >= 0.6 is 11.6 Å². The van der Waals surface area contributed by atoms with Crippen LogP contribution in [0.4, 0.5) is 5.69 Å². The second kappa shape index (κ2) is 5.81. The summed E-state index contributed by atoms with van der Waals surface area (Å²) in [5.41, 5.74) is 4.43. The molecule has 1 aliphatic heterocycles. The van der Waals surface area contributed by atoms with Crippen LogP contribution in [0.2, 0.25) is 0 Å². The first-order valence-corrected chi connectivity index (χ1v) is 10.2. The smallest absolute Gasteiger partial charge is 0.240 e. The maximum atomic E-state index is 13.7. The minimum Gasteiger partial charge on any atom is -0.274 e. The maximum absolute atomic E-state index is 13.7. The zero-order chi connectivity index (χ0) is 20.6. The SMILES string of the molecule is N#Cc1ccccc1N1C(=O)[C@@H]2[C@@H](C1=O)C1c3ccccc3C2(Cl)c2ccccc21. The van der Waals surface area contributed by atoms with Crippen LogP contribution in [0.15, 0.2) is 72.8 Å². The van der Waals surface area contributed by atoms with Crippen LogP contribution in [0.25, 0.3) is 0 Å². The highest BCUT2D eigenvalue weighted by Gasteiger charge is 2.68. The van der Waals surface area contributed by atoms with Crippen molar-refractivity contribution in [1.82, 2.24) is 0 Å². The minimum atomic E-state index is -1.12. The Morgan fingerprint density at radius 1 is 0.833 bits per heavy atom. The Balaban J connectivity index is 1.63. The van der Waals surface area contributed by atoms with Crippen molar-refractivity contribution in [2.45, 2.75) is 10.8 Å². The van der Waals surface area contributed by atoms with E-state index in [1.165, 1.54) is 4.90 Å². The third kappa shape index (κ3) is 1.87. The topological polar surface area (TPSA) is 61.2 Å². The second-order valence-electron chi connectivity index (χ2n) is 8.01. The lowest BCUT2D eigenvalue weighted by molar-refractivity contribution is -0.122. The molecule has 7 rings (SSSR count). The lowest BCUT2D eigenvalue weighted by Crippen LogP contribution is -2.50. The quantitative estimate of drug-likeness (QED) is 0.443. The number of para-hydroxylation sites is 1. The molecule has 144 valence electrons. The van der Waals surface area contributed by atoms with Gasteiger partial charge in [-0.1, -0.05) is 60.7 Å². The molecule has 3 aromatic carbocycles. The molecule has 0 radical (unpaired) electrons. The number of amides is 2. The monoisotopic (exact) mass is 410 g/mol. The van der Waals surface area contributed by atoms with E-state index in [1.54, 1.807) is 24.3 Å². The third-order valence-corrected chi connectivity index (χ3v) is 7.42. The molecule has 0 N–H and O–H groups in total. The summed E-state index contributed by atoms with van der Waals surface area (Å²) in [6.07, 6.45) is 0. The first-order valence-electron chi connectivity index (χ1n) is 9.83. The predicted octanol–water partition coefficient (Wildman–Crippen LogP) is 4.31. The molecule has 1 heterocycles. The van der Waals surface area contributed by atoms with Gasteiger partial charge < -0.3 is 0 Å². The molecule has 0 saturated carbocycles. The van der Waals surface area contributed by atoms with Crippen molar-refractivity contribution in [1.29, 1.82) is 5.26 Å². The summed E-state index contributed by atoms with van der Waals surface area (Å²) < 4.78 is 0. The number of nitrogens with zero attached hydrogens (tertiary/aromatic N) is 2. The fourth-order valence-corrected chi connectivity index (χ4v) is 6.25. The fraction of sp³-hybridized carbons (Fsp3) is 0.160. The standard InChI is InChI=1S/C25H15ClN2O2/c26-25-17-10-4-2-8-15(17)20(16-9-3-5-11-18(16)25)21-22(25)24(30)28(23(21)29)19-12-6-1-7-14(19)13-27/h1-12,20-22H/t20?,21-,22-,25?/m0/s1. The molecule has 30 heavy (non-hydrogen) atoms. The van der Waals surface area contributed by atoms with E-state index in [1.807, 2.05) is 48.5 Å². The lowest BCUT2D eigenvalue weighted by Gasteiger charge is -2.50. The summed E-state index contributed by atoms with van der Waals surface area (Å²) in [7, 11) is 0. The van der Waals surface area contributed by atoms with Crippen molar-refractivity contribution < 1.29 is 9.59 Å². The van der Waals surface area contributed by atoms with Gasteiger partial charge in [-0.3, -0.25) is 9.59 Å². The number of carbonyl (C=O) groups is 2. The summed E-state index contributed by atoms with van der Waals surface area (Å²) in [6.45, 7) is 0. The molecule has 0 unspecified atom stereocenters. The minimum absolute atomic E-state index is 0.237. The van der Waals surface area contributed by atoms with Crippen molar-refractivity contribution in [2.75, 3.05) is 4.90 Å². The van der Waals surface area contributed by atoms with Crippen molar-refractivity contribution >= 4 is 29.1 Å². The molecule has 5 heteroatoms. The number of benzene rings is 3. The molecular formula is C25H15ClN2O2. The van der Waals surface area contributed by atoms with E-state index in [9.17, 15) is 14.9 Å².